The minimum Gasteiger partial charge on any atom is -0.465 e. The van der Waals surface area contributed by atoms with Crippen molar-refractivity contribution in [3.63, 3.8) is 0 Å². The van der Waals surface area contributed by atoms with Crippen LogP contribution >= 0.6 is 74.5 Å². The summed E-state index contributed by atoms with van der Waals surface area (Å²) < 4.78 is 21.0. The van der Waals surface area contributed by atoms with Crippen molar-refractivity contribution in [1.29, 1.82) is 0 Å². The molecule has 0 amide bonds. The number of unbranched alkanes of at least 4 members (excludes halogenated alkanes) is 3. The molecule has 0 aliphatic heterocycles. The van der Waals surface area contributed by atoms with Crippen LogP contribution in [0.3, 0.4) is 0 Å². The third kappa shape index (κ3) is 20.6. The molecule has 6 atom stereocenters. The fraction of sp³-hybridized carbons (Fsp3) is 0.846. The van der Waals surface area contributed by atoms with Crippen molar-refractivity contribution in [2.75, 3.05) is 36.9 Å². The molecule has 1 heterocycles. The SMILES string of the molecule is CCCCC(CC)CNC(=S)OC(CS)Cn1c(=O)n(CC(CS)OC(=S)NCC(CC)CCCC)c(=O)n(CC(CS)OC(=S)NCC(CC)CCCC)c1=O. The third-order valence-corrected chi connectivity index (χ3v) is 12.2. The fourth-order valence-electron chi connectivity index (χ4n) is 6.25. The summed E-state index contributed by atoms with van der Waals surface area (Å²) in [6.45, 7) is 14.2. The van der Waals surface area contributed by atoms with Crippen molar-refractivity contribution >= 4 is 90.1 Å². The average molecular weight is 913 g/mol. The summed E-state index contributed by atoms with van der Waals surface area (Å²) in [7, 11) is 0. The minimum absolute atomic E-state index is 0.137. The van der Waals surface area contributed by atoms with Gasteiger partial charge in [0.25, 0.3) is 15.5 Å². The van der Waals surface area contributed by atoms with Gasteiger partial charge in [-0.05, 0) is 73.7 Å². The van der Waals surface area contributed by atoms with Crippen LogP contribution in [0.5, 0.6) is 0 Å². The van der Waals surface area contributed by atoms with Crippen LogP contribution in [0, 0.1) is 17.8 Å². The van der Waals surface area contributed by atoms with Gasteiger partial charge in [-0.15, -0.1) is 0 Å². The maximum absolute atomic E-state index is 14.1. The van der Waals surface area contributed by atoms with Crippen LogP contribution in [0.1, 0.15) is 119 Å². The summed E-state index contributed by atoms with van der Waals surface area (Å²) in [5, 5.41) is 10.0. The van der Waals surface area contributed by atoms with E-state index in [1.54, 1.807) is 0 Å². The predicted octanol–water partition coefficient (Wildman–Crippen LogP) is 6.39. The second-order valence-corrected chi connectivity index (χ2v) is 16.9. The molecule has 330 valence electrons. The van der Waals surface area contributed by atoms with Crippen LogP contribution in [0.25, 0.3) is 0 Å². The Morgan fingerprint density at radius 3 is 0.947 bits per heavy atom. The number of ether oxygens (including phenoxy) is 3. The van der Waals surface area contributed by atoms with E-state index in [1.165, 1.54) is 0 Å². The summed E-state index contributed by atoms with van der Waals surface area (Å²) in [6, 6.07) is 0. The molecule has 0 aromatic carbocycles. The van der Waals surface area contributed by atoms with E-state index in [1.807, 2.05) is 0 Å². The van der Waals surface area contributed by atoms with Crippen molar-refractivity contribution in [1.82, 2.24) is 29.7 Å². The molecule has 1 aromatic rings. The van der Waals surface area contributed by atoms with Crippen LogP contribution in [-0.4, -0.2) is 84.4 Å². The molecule has 0 radical (unpaired) electrons. The lowest BCUT2D eigenvalue weighted by Gasteiger charge is -2.24. The highest BCUT2D eigenvalue weighted by atomic mass is 32.1. The van der Waals surface area contributed by atoms with Gasteiger partial charge in [-0.1, -0.05) is 99.3 Å². The van der Waals surface area contributed by atoms with Crippen LogP contribution < -0.4 is 33.0 Å². The van der Waals surface area contributed by atoms with Gasteiger partial charge in [0, 0.05) is 36.9 Å². The number of nitrogens with one attached hydrogen (secondary N) is 3. The minimum atomic E-state index is -0.834. The van der Waals surface area contributed by atoms with Gasteiger partial charge >= 0.3 is 17.1 Å². The number of hydrogen-bond acceptors (Lipinski definition) is 12. The molecule has 0 bridgehead atoms. The highest BCUT2D eigenvalue weighted by molar-refractivity contribution is 7.81. The molecule has 57 heavy (non-hydrogen) atoms. The number of hydrogen-bond donors (Lipinski definition) is 6. The van der Waals surface area contributed by atoms with Crippen LogP contribution in [0.15, 0.2) is 14.4 Å². The average Bonchev–Trinajstić information content (AvgIpc) is 3.21. The molecule has 3 N–H and O–H groups in total. The van der Waals surface area contributed by atoms with E-state index >= 15 is 0 Å². The first-order valence-electron chi connectivity index (χ1n) is 21.0. The Hall–Kier alpha value is -1.47. The van der Waals surface area contributed by atoms with E-state index in [9.17, 15) is 14.4 Å². The molecule has 0 fully saturated rings. The molecule has 0 aliphatic rings. The molecule has 6 unspecified atom stereocenters. The monoisotopic (exact) mass is 912 g/mol. The van der Waals surface area contributed by atoms with Gasteiger partial charge in [-0.25, -0.2) is 28.1 Å². The topological polar surface area (TPSA) is 130 Å². The second-order valence-electron chi connectivity index (χ2n) is 14.7. The number of aromatic nitrogens is 3. The molecule has 0 spiro atoms. The standard InChI is InChI=1S/C39H72N6O6S6/c1-7-13-16-28(10-4)19-40-34(55)49-31(25-52)22-43-37(46)44(23-32(26-53)50-35(56)41-20-29(11-5)17-14-8-2)39(48)45(38(43)47)24-33(27-54)51-36(57)42-21-30(12-6)18-15-9-3/h28-33,52-54H,7-27H2,1-6H3,(H,40,55)(H,41,56)(H,42,57). The smallest absolute Gasteiger partial charge is 0.336 e. The lowest BCUT2D eigenvalue weighted by Crippen LogP contribution is -2.58. The van der Waals surface area contributed by atoms with Crippen molar-refractivity contribution < 1.29 is 14.2 Å². The van der Waals surface area contributed by atoms with E-state index in [2.05, 4.69) is 95.4 Å². The van der Waals surface area contributed by atoms with Crippen molar-refractivity contribution in [3.05, 3.63) is 31.5 Å². The van der Waals surface area contributed by atoms with Gasteiger partial charge in [0.05, 0.1) is 19.6 Å². The van der Waals surface area contributed by atoms with Gasteiger partial charge < -0.3 is 30.2 Å². The van der Waals surface area contributed by atoms with E-state index in [-0.39, 0.29) is 52.4 Å². The van der Waals surface area contributed by atoms with E-state index in [0.29, 0.717) is 37.4 Å². The summed E-state index contributed by atoms with van der Waals surface area (Å²) >= 11 is 29.9. The van der Waals surface area contributed by atoms with Gasteiger partial charge in [-0.3, -0.25) is 0 Å². The number of nitrogens with zero attached hydrogens (tertiary/aromatic N) is 3. The maximum atomic E-state index is 14.1. The summed E-state index contributed by atoms with van der Waals surface area (Å²) in [6.07, 6.45) is 10.6. The summed E-state index contributed by atoms with van der Waals surface area (Å²) in [5.41, 5.74) is -2.50. The number of rotatable bonds is 30. The predicted molar refractivity (Wildman–Crippen MR) is 257 cm³/mol. The Morgan fingerprint density at radius 2 is 0.754 bits per heavy atom. The van der Waals surface area contributed by atoms with Gasteiger partial charge in [0.1, 0.15) is 18.3 Å². The fourth-order valence-corrected chi connectivity index (χ4v) is 7.48. The van der Waals surface area contributed by atoms with Crippen molar-refractivity contribution in [2.45, 2.75) is 157 Å². The molecule has 18 heteroatoms. The maximum Gasteiger partial charge on any atom is 0.336 e. The first-order chi connectivity index (χ1) is 27.4. The zero-order valence-electron chi connectivity index (χ0n) is 35.2. The molecule has 1 aromatic heterocycles. The van der Waals surface area contributed by atoms with Gasteiger partial charge in [0.15, 0.2) is 0 Å². The first-order valence-corrected chi connectivity index (χ1v) is 24.1. The molecule has 0 saturated carbocycles. The molecule has 0 aliphatic carbocycles. The van der Waals surface area contributed by atoms with E-state index in [0.717, 1.165) is 90.8 Å². The zero-order chi connectivity index (χ0) is 42.8. The first kappa shape index (κ1) is 53.5. The highest BCUT2D eigenvalue weighted by Gasteiger charge is 2.25. The molecule has 12 nitrogen and oxygen atoms in total. The molecular formula is C39H72N6O6S6. The zero-order valence-corrected chi connectivity index (χ0v) is 40.3. The van der Waals surface area contributed by atoms with Crippen LogP contribution in [0.4, 0.5) is 0 Å². The summed E-state index contributed by atoms with van der Waals surface area (Å²) in [4.78, 5) is 42.3. The number of thiol groups is 3. The van der Waals surface area contributed by atoms with E-state index in [4.69, 9.17) is 50.9 Å². The van der Waals surface area contributed by atoms with Gasteiger partial charge in [-0.2, -0.15) is 37.9 Å². The van der Waals surface area contributed by atoms with Gasteiger partial charge in [0.2, 0.25) is 0 Å². The molecule has 0 saturated heterocycles. The highest BCUT2D eigenvalue weighted by Crippen LogP contribution is 2.14. The Labute approximate surface area is 374 Å². The number of thiocarbonyl (C=S) groups is 3. The van der Waals surface area contributed by atoms with E-state index < -0.39 is 35.4 Å². The Kier molecular flexibility index (Phi) is 29.5. The third-order valence-electron chi connectivity index (χ3n) is 10.2. The summed E-state index contributed by atoms with van der Waals surface area (Å²) in [5.74, 6) is 1.70. The Morgan fingerprint density at radius 1 is 0.509 bits per heavy atom. The quantitative estimate of drug-likeness (QED) is 0.0378. The molecule has 1 rings (SSSR count). The second kappa shape index (κ2) is 31.4. The molecular weight excluding hydrogens is 841 g/mol. The van der Waals surface area contributed by atoms with Crippen molar-refractivity contribution in [2.24, 2.45) is 17.8 Å². The van der Waals surface area contributed by atoms with Crippen LogP contribution in [0.2, 0.25) is 0 Å². The largest absolute Gasteiger partial charge is 0.465 e. The Balaban J connectivity index is 3.46. The lowest BCUT2D eigenvalue weighted by molar-refractivity contribution is 0.158. The van der Waals surface area contributed by atoms with Crippen molar-refractivity contribution in [3.8, 4) is 0 Å². The normalized spacial score (nSPS) is 14.5. The Bertz CT molecular complexity index is 1290. The lowest BCUT2D eigenvalue weighted by atomic mass is 10.00. The van der Waals surface area contributed by atoms with Crippen LogP contribution in [-0.2, 0) is 33.8 Å².